The molecule has 0 radical (unpaired) electrons. The molecule has 0 saturated heterocycles. The third-order valence-corrected chi connectivity index (χ3v) is 4.40. The Morgan fingerprint density at radius 3 is 2.41 bits per heavy atom. The van der Waals surface area contributed by atoms with Crippen molar-refractivity contribution in [1.82, 2.24) is 10.6 Å². The minimum atomic E-state index is 0. The second kappa shape index (κ2) is 14.1. The summed E-state index contributed by atoms with van der Waals surface area (Å²) in [5.74, 6) is 1.71. The number of anilines is 1. The molecule has 0 spiro atoms. The smallest absolute Gasteiger partial charge is 0.191 e. The maximum Gasteiger partial charge on any atom is 0.191 e. The van der Waals surface area contributed by atoms with Crippen molar-refractivity contribution in [1.29, 1.82) is 0 Å². The molecule has 2 aromatic rings. The van der Waals surface area contributed by atoms with Gasteiger partial charge in [-0.1, -0.05) is 29.8 Å². The highest BCUT2D eigenvalue weighted by atomic mass is 127. The lowest BCUT2D eigenvalue weighted by Crippen LogP contribution is -2.37. The Kier molecular flexibility index (Phi) is 12.1. The first-order valence-corrected chi connectivity index (χ1v) is 9.56. The van der Waals surface area contributed by atoms with Crippen molar-refractivity contribution in [2.24, 2.45) is 4.99 Å². The van der Waals surface area contributed by atoms with Crippen LogP contribution in [0.2, 0.25) is 0 Å². The zero-order chi connectivity index (χ0) is 20.2. The number of ether oxygens (including phenoxy) is 2. The van der Waals surface area contributed by atoms with E-state index < -0.39 is 0 Å². The van der Waals surface area contributed by atoms with Gasteiger partial charge in [0.1, 0.15) is 5.75 Å². The van der Waals surface area contributed by atoms with Gasteiger partial charge in [0, 0.05) is 39.5 Å². The number of nitrogens with one attached hydrogen (secondary N) is 3. The molecule has 0 aliphatic rings. The number of guanidine groups is 1. The third kappa shape index (κ3) is 8.91. The van der Waals surface area contributed by atoms with E-state index in [4.69, 9.17) is 9.47 Å². The van der Waals surface area contributed by atoms with Gasteiger partial charge in [0.2, 0.25) is 0 Å². The summed E-state index contributed by atoms with van der Waals surface area (Å²) in [6, 6.07) is 14.6. The molecule has 3 N–H and O–H groups in total. The summed E-state index contributed by atoms with van der Waals surface area (Å²) in [6.45, 7) is 5.08. The summed E-state index contributed by atoms with van der Waals surface area (Å²) in [5.41, 5.74) is 4.72. The zero-order valence-electron chi connectivity index (χ0n) is 17.7. The quantitative estimate of drug-likeness (QED) is 0.197. The van der Waals surface area contributed by atoms with Gasteiger partial charge in [-0.25, -0.2) is 0 Å². The van der Waals surface area contributed by atoms with E-state index in [0.29, 0.717) is 13.2 Å². The molecule has 0 amide bonds. The Morgan fingerprint density at radius 2 is 1.76 bits per heavy atom. The van der Waals surface area contributed by atoms with Crippen molar-refractivity contribution in [2.45, 2.75) is 19.9 Å². The van der Waals surface area contributed by atoms with Gasteiger partial charge >= 0.3 is 0 Å². The van der Waals surface area contributed by atoms with Gasteiger partial charge in [-0.2, -0.15) is 0 Å². The van der Waals surface area contributed by atoms with E-state index in [0.717, 1.165) is 36.9 Å². The molecule has 2 aromatic carbocycles. The van der Waals surface area contributed by atoms with E-state index >= 15 is 0 Å². The zero-order valence-corrected chi connectivity index (χ0v) is 20.1. The number of hydrogen-bond donors (Lipinski definition) is 3. The van der Waals surface area contributed by atoms with Crippen LogP contribution in [-0.2, 0) is 17.7 Å². The minimum Gasteiger partial charge on any atom is -0.496 e. The molecular formula is C22H33IN4O2. The van der Waals surface area contributed by atoms with Crippen molar-refractivity contribution in [3.05, 3.63) is 59.2 Å². The minimum absolute atomic E-state index is 0. The number of benzene rings is 2. The molecule has 0 aromatic heterocycles. The Balaban J connectivity index is 0.00000420. The molecule has 0 unspecified atom stereocenters. The number of nitrogens with zero attached hydrogens (tertiary/aromatic N) is 1. The molecule has 2 rings (SSSR count). The van der Waals surface area contributed by atoms with E-state index in [2.05, 4.69) is 64.3 Å². The van der Waals surface area contributed by atoms with E-state index in [1.807, 2.05) is 6.07 Å². The molecule has 160 valence electrons. The van der Waals surface area contributed by atoms with Gasteiger partial charge in [-0.15, -0.1) is 24.0 Å². The lowest BCUT2D eigenvalue weighted by Gasteiger charge is -2.14. The summed E-state index contributed by atoms with van der Waals surface area (Å²) >= 11 is 0. The third-order valence-electron chi connectivity index (χ3n) is 4.40. The van der Waals surface area contributed by atoms with Crippen LogP contribution in [0.4, 0.5) is 5.69 Å². The fraction of sp³-hybridized carbons (Fsp3) is 0.409. The van der Waals surface area contributed by atoms with Crippen LogP contribution in [0.15, 0.2) is 47.5 Å². The predicted molar refractivity (Wildman–Crippen MR) is 132 cm³/mol. The number of rotatable bonds is 10. The largest absolute Gasteiger partial charge is 0.496 e. The van der Waals surface area contributed by atoms with Crippen molar-refractivity contribution in [3.63, 3.8) is 0 Å². The standard InChI is InChI=1S/C22H32N4O2.HI/c1-17-5-10-21(28-4)19(15-17)11-12-25-22(23-2)26-16-18-6-8-20(9-7-18)24-13-14-27-3;/h5-10,15,24H,11-14,16H2,1-4H3,(H2,23,25,26);1H. The van der Waals surface area contributed by atoms with Crippen molar-refractivity contribution in [2.75, 3.05) is 46.3 Å². The monoisotopic (exact) mass is 512 g/mol. The predicted octanol–water partition coefficient (Wildman–Crippen LogP) is 3.59. The van der Waals surface area contributed by atoms with E-state index in [1.165, 1.54) is 16.7 Å². The van der Waals surface area contributed by atoms with Crippen LogP contribution in [0.1, 0.15) is 16.7 Å². The summed E-state index contributed by atoms with van der Waals surface area (Å²) < 4.78 is 10.5. The molecule has 0 fully saturated rings. The number of hydrogen-bond acceptors (Lipinski definition) is 4. The molecule has 0 aliphatic heterocycles. The first-order valence-electron chi connectivity index (χ1n) is 9.56. The van der Waals surface area contributed by atoms with Gasteiger partial charge in [0.05, 0.1) is 13.7 Å². The fourth-order valence-electron chi connectivity index (χ4n) is 2.86. The average molecular weight is 512 g/mol. The van der Waals surface area contributed by atoms with E-state index in [-0.39, 0.29) is 24.0 Å². The number of aryl methyl sites for hydroxylation is 1. The first-order chi connectivity index (χ1) is 13.7. The van der Waals surface area contributed by atoms with Gasteiger partial charge in [-0.3, -0.25) is 4.99 Å². The Morgan fingerprint density at radius 1 is 1.00 bits per heavy atom. The van der Waals surface area contributed by atoms with Crippen molar-refractivity contribution in [3.8, 4) is 5.75 Å². The lowest BCUT2D eigenvalue weighted by atomic mass is 10.1. The summed E-state index contributed by atoms with van der Waals surface area (Å²) in [5, 5.41) is 10.0. The highest BCUT2D eigenvalue weighted by molar-refractivity contribution is 14.0. The SMILES string of the molecule is CN=C(NCCc1cc(C)ccc1OC)NCc1ccc(NCCOC)cc1.I. The van der Waals surface area contributed by atoms with Gasteiger partial charge in [-0.05, 0) is 42.7 Å². The molecule has 0 atom stereocenters. The second-order valence-electron chi connectivity index (χ2n) is 6.53. The van der Waals surface area contributed by atoms with Crippen LogP contribution < -0.4 is 20.7 Å². The van der Waals surface area contributed by atoms with Crippen molar-refractivity contribution >= 4 is 35.6 Å². The molecule has 0 saturated carbocycles. The maximum absolute atomic E-state index is 5.44. The highest BCUT2D eigenvalue weighted by Crippen LogP contribution is 2.19. The maximum atomic E-state index is 5.44. The second-order valence-corrected chi connectivity index (χ2v) is 6.53. The van der Waals surface area contributed by atoms with Gasteiger partial charge < -0.3 is 25.4 Å². The Labute approximate surface area is 191 Å². The molecule has 0 aliphatic carbocycles. The van der Waals surface area contributed by atoms with Crippen LogP contribution in [0.5, 0.6) is 5.75 Å². The lowest BCUT2D eigenvalue weighted by molar-refractivity contribution is 0.211. The van der Waals surface area contributed by atoms with Crippen LogP contribution in [0.3, 0.4) is 0 Å². The molecule has 0 heterocycles. The van der Waals surface area contributed by atoms with E-state index in [9.17, 15) is 0 Å². The van der Waals surface area contributed by atoms with E-state index in [1.54, 1.807) is 21.3 Å². The molecule has 7 heteroatoms. The van der Waals surface area contributed by atoms with Crippen LogP contribution in [-0.4, -0.2) is 46.9 Å². The number of halogens is 1. The molecule has 0 bridgehead atoms. The van der Waals surface area contributed by atoms with Crippen LogP contribution in [0.25, 0.3) is 0 Å². The first kappa shape index (κ1) is 25.0. The highest BCUT2D eigenvalue weighted by Gasteiger charge is 2.04. The van der Waals surface area contributed by atoms with Gasteiger partial charge in [0.15, 0.2) is 5.96 Å². The summed E-state index contributed by atoms with van der Waals surface area (Å²) in [6.07, 6.45) is 0.868. The van der Waals surface area contributed by atoms with Crippen molar-refractivity contribution < 1.29 is 9.47 Å². The van der Waals surface area contributed by atoms with Crippen LogP contribution in [0, 0.1) is 6.92 Å². The Hall–Kier alpha value is -2.00. The Bertz CT molecular complexity index is 751. The number of aliphatic imine (C=N–C) groups is 1. The normalized spacial score (nSPS) is 10.8. The number of methoxy groups -OCH3 is 2. The fourth-order valence-corrected chi connectivity index (χ4v) is 2.86. The van der Waals surface area contributed by atoms with Gasteiger partial charge in [0.25, 0.3) is 0 Å². The van der Waals surface area contributed by atoms with Crippen LogP contribution >= 0.6 is 24.0 Å². The molecular weight excluding hydrogens is 479 g/mol. The molecule has 6 nitrogen and oxygen atoms in total. The summed E-state index contributed by atoms with van der Waals surface area (Å²) in [4.78, 5) is 4.30. The summed E-state index contributed by atoms with van der Waals surface area (Å²) in [7, 11) is 5.20. The molecule has 29 heavy (non-hydrogen) atoms. The topological polar surface area (TPSA) is 66.9 Å². The average Bonchev–Trinajstić information content (AvgIpc) is 2.72.